The third-order valence-corrected chi connectivity index (χ3v) is 7.74. The maximum atomic E-state index is 13.8. The number of oxime groups is 1. The lowest BCUT2D eigenvalue weighted by Crippen LogP contribution is -2.49. The quantitative estimate of drug-likeness (QED) is 0.463. The van der Waals surface area contributed by atoms with Gasteiger partial charge in [-0.05, 0) is 66.3 Å². The standard InChI is InChI=1S/C28H32F3N3O3/c29-28(30,31)24-12-18(9-10-23(24)20-5-2-1-3-6-20)17-37-33-25-8-4-7-21-11-19(13-32-26(21)25)14-34-15-22(16-34)27(35)36/h9-13,20,22H,1-8,14-17H2,(H,35,36)/b33-25+. The molecule has 3 aliphatic rings. The molecule has 2 fully saturated rings. The van der Waals surface area contributed by atoms with Crippen LogP contribution in [0.2, 0.25) is 0 Å². The Morgan fingerprint density at radius 1 is 1.08 bits per heavy atom. The number of halogens is 3. The number of rotatable bonds is 7. The third-order valence-electron chi connectivity index (χ3n) is 7.74. The van der Waals surface area contributed by atoms with E-state index in [0.717, 1.165) is 61.8 Å². The van der Waals surface area contributed by atoms with Crippen LogP contribution in [-0.2, 0) is 35.4 Å². The van der Waals surface area contributed by atoms with Crippen LogP contribution in [0.3, 0.4) is 0 Å². The lowest BCUT2D eigenvalue weighted by atomic mass is 9.81. The van der Waals surface area contributed by atoms with Crippen LogP contribution in [-0.4, -0.2) is 39.8 Å². The van der Waals surface area contributed by atoms with Crippen molar-refractivity contribution < 1.29 is 27.9 Å². The van der Waals surface area contributed by atoms with E-state index < -0.39 is 17.7 Å². The van der Waals surface area contributed by atoms with E-state index in [1.807, 2.05) is 0 Å². The molecule has 0 unspecified atom stereocenters. The van der Waals surface area contributed by atoms with Crippen molar-refractivity contribution >= 4 is 11.7 Å². The van der Waals surface area contributed by atoms with Gasteiger partial charge in [0.2, 0.25) is 0 Å². The summed E-state index contributed by atoms with van der Waals surface area (Å²) in [4.78, 5) is 23.2. The van der Waals surface area contributed by atoms with Gasteiger partial charge in [-0.3, -0.25) is 14.7 Å². The zero-order valence-electron chi connectivity index (χ0n) is 20.8. The van der Waals surface area contributed by atoms with Gasteiger partial charge >= 0.3 is 12.1 Å². The first-order valence-corrected chi connectivity index (χ1v) is 13.1. The highest BCUT2D eigenvalue weighted by molar-refractivity contribution is 6.00. The van der Waals surface area contributed by atoms with Crippen LogP contribution in [0.1, 0.15) is 84.4 Å². The van der Waals surface area contributed by atoms with Crippen LogP contribution in [0, 0.1) is 5.92 Å². The number of likely N-dealkylation sites (tertiary alicyclic amines) is 1. The van der Waals surface area contributed by atoms with Crippen molar-refractivity contribution in [3.63, 3.8) is 0 Å². The van der Waals surface area contributed by atoms with Crippen LogP contribution >= 0.6 is 0 Å². The first kappa shape index (κ1) is 25.7. The second-order valence-electron chi connectivity index (χ2n) is 10.5. The van der Waals surface area contributed by atoms with E-state index in [2.05, 4.69) is 21.1 Å². The number of carboxylic acids is 1. The summed E-state index contributed by atoms with van der Waals surface area (Å²) in [6.07, 6.45) is 4.49. The van der Waals surface area contributed by atoms with Crippen molar-refractivity contribution in [3.05, 3.63) is 64.0 Å². The number of hydrogen-bond donors (Lipinski definition) is 1. The number of aromatic nitrogens is 1. The number of benzene rings is 1. The molecule has 0 spiro atoms. The first-order chi connectivity index (χ1) is 17.8. The van der Waals surface area contributed by atoms with Crippen molar-refractivity contribution in [1.82, 2.24) is 9.88 Å². The number of fused-ring (bicyclic) bond motifs is 1. The molecule has 5 rings (SSSR count). The number of nitrogens with zero attached hydrogens (tertiary/aromatic N) is 3. The monoisotopic (exact) mass is 515 g/mol. The Kier molecular flexibility index (Phi) is 7.51. The molecule has 6 nitrogen and oxygen atoms in total. The number of pyridine rings is 1. The molecule has 1 N–H and O–H groups in total. The number of carbonyl (C=O) groups is 1. The smallest absolute Gasteiger partial charge is 0.416 e. The molecule has 0 radical (unpaired) electrons. The zero-order chi connectivity index (χ0) is 26.0. The van der Waals surface area contributed by atoms with Crippen molar-refractivity contribution in [2.75, 3.05) is 13.1 Å². The topological polar surface area (TPSA) is 75.0 Å². The largest absolute Gasteiger partial charge is 0.481 e. The Morgan fingerprint density at radius 2 is 1.86 bits per heavy atom. The maximum Gasteiger partial charge on any atom is 0.416 e. The molecule has 9 heteroatoms. The van der Waals surface area contributed by atoms with Gasteiger partial charge < -0.3 is 9.94 Å². The fourth-order valence-electron chi connectivity index (χ4n) is 5.76. The summed E-state index contributed by atoms with van der Waals surface area (Å²) < 4.78 is 41.5. The van der Waals surface area contributed by atoms with Crippen LogP contribution < -0.4 is 0 Å². The Hall–Kier alpha value is -2.94. The van der Waals surface area contributed by atoms with Crippen molar-refractivity contribution in [1.29, 1.82) is 0 Å². The van der Waals surface area contributed by atoms with Crippen molar-refractivity contribution in [2.45, 2.75) is 76.6 Å². The van der Waals surface area contributed by atoms with Gasteiger partial charge in [0.15, 0.2) is 0 Å². The third kappa shape index (κ3) is 5.98. The fourth-order valence-corrected chi connectivity index (χ4v) is 5.76. The predicted molar refractivity (Wildman–Crippen MR) is 132 cm³/mol. The lowest BCUT2D eigenvalue weighted by Gasteiger charge is -2.36. The van der Waals surface area contributed by atoms with E-state index in [9.17, 15) is 18.0 Å². The molecule has 1 aromatic carbocycles. The number of hydrogen-bond acceptors (Lipinski definition) is 5. The Bertz CT molecular complexity index is 1170. The number of alkyl halides is 3. The predicted octanol–water partition coefficient (Wildman–Crippen LogP) is 5.92. The van der Waals surface area contributed by atoms with Gasteiger partial charge in [-0.15, -0.1) is 0 Å². The first-order valence-electron chi connectivity index (χ1n) is 13.1. The average molecular weight is 516 g/mol. The van der Waals surface area contributed by atoms with E-state index in [1.54, 1.807) is 18.3 Å². The minimum absolute atomic E-state index is 0.0324. The summed E-state index contributed by atoms with van der Waals surface area (Å²) >= 11 is 0. The summed E-state index contributed by atoms with van der Waals surface area (Å²) in [6.45, 7) is 1.71. The zero-order valence-corrected chi connectivity index (χ0v) is 20.8. The van der Waals surface area contributed by atoms with E-state index in [1.165, 1.54) is 6.07 Å². The molecule has 0 bridgehead atoms. The summed E-state index contributed by atoms with van der Waals surface area (Å²) in [6, 6.07) is 6.66. The van der Waals surface area contributed by atoms with E-state index in [-0.39, 0.29) is 18.4 Å². The van der Waals surface area contributed by atoms with Crippen molar-refractivity contribution in [2.24, 2.45) is 11.1 Å². The SMILES string of the molecule is O=C(O)C1CN(Cc2cnc3c(c2)CCC/C3=N\OCc2ccc(C3CCCCC3)c(C(F)(F)F)c2)C1. The minimum Gasteiger partial charge on any atom is -0.481 e. The molecule has 1 aromatic heterocycles. The molecule has 0 atom stereocenters. The molecule has 2 aromatic rings. The number of aliphatic carboxylic acids is 1. The van der Waals surface area contributed by atoms with Gasteiger partial charge in [0.05, 0.1) is 17.2 Å². The highest BCUT2D eigenvalue weighted by Gasteiger charge is 2.36. The van der Waals surface area contributed by atoms with Gasteiger partial charge in [-0.25, -0.2) is 0 Å². The highest BCUT2D eigenvalue weighted by atomic mass is 19.4. The summed E-state index contributed by atoms with van der Waals surface area (Å²) in [5.74, 6) is -1.08. The van der Waals surface area contributed by atoms with E-state index in [0.29, 0.717) is 42.9 Å². The minimum atomic E-state index is -4.40. The van der Waals surface area contributed by atoms with Gasteiger partial charge in [-0.1, -0.05) is 42.6 Å². The van der Waals surface area contributed by atoms with Crippen molar-refractivity contribution in [3.8, 4) is 0 Å². The fraction of sp³-hybridized carbons (Fsp3) is 0.536. The Balaban J connectivity index is 1.24. The van der Waals surface area contributed by atoms with Crippen LogP contribution in [0.5, 0.6) is 0 Å². The molecule has 1 saturated heterocycles. The molecule has 1 saturated carbocycles. The van der Waals surface area contributed by atoms with Crippen LogP contribution in [0.4, 0.5) is 13.2 Å². The second kappa shape index (κ2) is 10.8. The van der Waals surface area contributed by atoms with Gasteiger partial charge in [0.1, 0.15) is 12.3 Å². The molecule has 0 amide bonds. The normalized spacial score (nSPS) is 20.5. The molecular weight excluding hydrogens is 483 g/mol. The maximum absolute atomic E-state index is 13.8. The molecule has 37 heavy (non-hydrogen) atoms. The highest BCUT2D eigenvalue weighted by Crippen LogP contribution is 2.41. The molecular formula is C28H32F3N3O3. The number of aryl methyl sites for hydroxylation is 1. The molecule has 198 valence electrons. The van der Waals surface area contributed by atoms with E-state index in [4.69, 9.17) is 9.94 Å². The van der Waals surface area contributed by atoms with Gasteiger partial charge in [-0.2, -0.15) is 13.2 Å². The second-order valence-corrected chi connectivity index (χ2v) is 10.5. The molecule has 2 aliphatic carbocycles. The summed E-state index contributed by atoms with van der Waals surface area (Å²) in [7, 11) is 0. The van der Waals surface area contributed by atoms with Crippen LogP contribution in [0.15, 0.2) is 35.6 Å². The Labute approximate surface area is 214 Å². The molecule has 2 heterocycles. The summed E-state index contributed by atoms with van der Waals surface area (Å²) in [5, 5.41) is 13.3. The molecule has 1 aliphatic heterocycles. The van der Waals surface area contributed by atoms with E-state index >= 15 is 0 Å². The number of carboxylic acid groups (broad SMARTS) is 1. The average Bonchev–Trinajstić information content (AvgIpc) is 2.85. The van der Waals surface area contributed by atoms with Crippen LogP contribution in [0.25, 0.3) is 0 Å². The summed E-state index contributed by atoms with van der Waals surface area (Å²) in [5.41, 5.74) is 3.87. The Morgan fingerprint density at radius 3 is 2.59 bits per heavy atom. The van der Waals surface area contributed by atoms with Gasteiger partial charge in [0, 0.05) is 25.8 Å². The lowest BCUT2D eigenvalue weighted by molar-refractivity contribution is -0.147. The van der Waals surface area contributed by atoms with Gasteiger partial charge in [0.25, 0.3) is 0 Å².